The molecule has 1 fully saturated rings. The predicted octanol–water partition coefficient (Wildman–Crippen LogP) is 3.61. The predicted molar refractivity (Wildman–Crippen MR) is 101 cm³/mol. The molecule has 6 nitrogen and oxygen atoms in total. The molecule has 2 aromatic carbocycles. The summed E-state index contributed by atoms with van der Waals surface area (Å²) in [4.78, 5) is 25.2. The summed E-state index contributed by atoms with van der Waals surface area (Å²) >= 11 is 0. The summed E-state index contributed by atoms with van der Waals surface area (Å²) in [6.45, 7) is 0. The van der Waals surface area contributed by atoms with Crippen LogP contribution in [0.3, 0.4) is 0 Å². The Kier molecular flexibility index (Phi) is 4.49. The molecule has 1 unspecified atom stereocenters. The standard InChI is InChI=1S/C22H22O6/c1-25-16-6-4-13(5-7-16)14-8-15(23)12-22(11-14)18-10-20(27-3)19(26-2)9-17(18)21(24)28-22/h4-7,9-10,14H,8,11-12H2,1-3H3/t14-,22?/m0/s1. The molecule has 0 amide bonds. The molecule has 0 saturated heterocycles. The van der Waals surface area contributed by atoms with Crippen LogP contribution in [0.4, 0.5) is 0 Å². The lowest BCUT2D eigenvalue weighted by molar-refractivity contribution is -0.129. The highest BCUT2D eigenvalue weighted by atomic mass is 16.6. The summed E-state index contributed by atoms with van der Waals surface area (Å²) in [7, 11) is 4.68. The summed E-state index contributed by atoms with van der Waals surface area (Å²) in [5.41, 5.74) is 1.19. The average molecular weight is 382 g/mol. The second-order valence-corrected chi connectivity index (χ2v) is 7.23. The zero-order valence-electron chi connectivity index (χ0n) is 16.1. The topological polar surface area (TPSA) is 71.1 Å². The Balaban J connectivity index is 1.75. The number of Topliss-reactive ketones (excluding diaryl/α,β-unsaturated/α-hetero) is 1. The Hall–Kier alpha value is -3.02. The van der Waals surface area contributed by atoms with E-state index in [1.165, 1.54) is 7.11 Å². The number of fused-ring (bicyclic) bond motifs is 2. The van der Waals surface area contributed by atoms with Gasteiger partial charge in [0, 0.05) is 12.0 Å². The lowest BCUT2D eigenvalue weighted by Gasteiger charge is -2.36. The largest absolute Gasteiger partial charge is 0.497 e. The molecule has 0 bridgehead atoms. The van der Waals surface area contributed by atoms with Crippen LogP contribution in [0.1, 0.15) is 46.7 Å². The summed E-state index contributed by atoms with van der Waals surface area (Å²) in [6.07, 6.45) is 1.14. The maximum Gasteiger partial charge on any atom is 0.339 e. The molecule has 2 atom stereocenters. The highest BCUT2D eigenvalue weighted by Gasteiger charge is 2.51. The summed E-state index contributed by atoms with van der Waals surface area (Å²) < 4.78 is 21.8. The third kappa shape index (κ3) is 2.89. The number of ether oxygens (including phenoxy) is 4. The van der Waals surface area contributed by atoms with Gasteiger partial charge < -0.3 is 18.9 Å². The van der Waals surface area contributed by atoms with Crippen LogP contribution in [0.2, 0.25) is 0 Å². The molecule has 0 N–H and O–H groups in total. The fraction of sp³-hybridized carbons (Fsp3) is 0.364. The van der Waals surface area contributed by atoms with E-state index < -0.39 is 11.6 Å². The molecule has 6 heteroatoms. The molecular weight excluding hydrogens is 360 g/mol. The number of esters is 1. The molecule has 1 heterocycles. The van der Waals surface area contributed by atoms with E-state index in [1.54, 1.807) is 26.4 Å². The summed E-state index contributed by atoms with van der Waals surface area (Å²) in [6, 6.07) is 11.1. The average Bonchev–Trinajstić information content (AvgIpc) is 2.96. The van der Waals surface area contributed by atoms with E-state index in [9.17, 15) is 9.59 Å². The van der Waals surface area contributed by atoms with Crippen LogP contribution in [-0.2, 0) is 15.1 Å². The van der Waals surface area contributed by atoms with E-state index in [4.69, 9.17) is 18.9 Å². The third-order valence-electron chi connectivity index (χ3n) is 5.64. The van der Waals surface area contributed by atoms with Crippen LogP contribution < -0.4 is 14.2 Å². The molecule has 2 aromatic rings. The first-order chi connectivity index (χ1) is 13.5. The van der Waals surface area contributed by atoms with Gasteiger partial charge in [-0.05, 0) is 42.2 Å². The van der Waals surface area contributed by atoms with Crippen molar-refractivity contribution < 1.29 is 28.5 Å². The molecule has 1 saturated carbocycles. The van der Waals surface area contributed by atoms with E-state index >= 15 is 0 Å². The number of methoxy groups -OCH3 is 3. The van der Waals surface area contributed by atoms with Crippen LogP contribution in [0.25, 0.3) is 0 Å². The molecule has 146 valence electrons. The smallest absolute Gasteiger partial charge is 0.339 e. The Morgan fingerprint density at radius 2 is 1.64 bits per heavy atom. The molecule has 4 rings (SSSR count). The molecule has 28 heavy (non-hydrogen) atoms. The minimum atomic E-state index is -0.966. The minimum absolute atomic E-state index is 0.0426. The zero-order valence-corrected chi connectivity index (χ0v) is 16.1. The summed E-state index contributed by atoms with van der Waals surface area (Å²) in [5.74, 6) is 1.33. The van der Waals surface area contributed by atoms with Gasteiger partial charge in [-0.25, -0.2) is 4.79 Å². The van der Waals surface area contributed by atoms with Gasteiger partial charge in [-0.3, -0.25) is 4.79 Å². The van der Waals surface area contributed by atoms with Crippen molar-refractivity contribution in [2.24, 2.45) is 0 Å². The lowest BCUT2D eigenvalue weighted by atomic mass is 9.71. The number of rotatable bonds is 4. The summed E-state index contributed by atoms with van der Waals surface area (Å²) in [5, 5.41) is 0. The molecule has 1 aliphatic carbocycles. The SMILES string of the molecule is COc1ccc([C@H]2CC(=O)CC3(C2)OC(=O)c2cc(OC)c(OC)cc23)cc1. The highest BCUT2D eigenvalue weighted by Crippen LogP contribution is 2.52. The van der Waals surface area contributed by atoms with Gasteiger partial charge in [0.1, 0.15) is 17.1 Å². The van der Waals surface area contributed by atoms with Crippen LogP contribution in [0.15, 0.2) is 36.4 Å². The van der Waals surface area contributed by atoms with Crippen molar-refractivity contribution in [1.82, 2.24) is 0 Å². The number of hydrogen-bond acceptors (Lipinski definition) is 6. The van der Waals surface area contributed by atoms with Gasteiger partial charge in [-0.1, -0.05) is 12.1 Å². The van der Waals surface area contributed by atoms with Crippen LogP contribution in [0, 0.1) is 0 Å². The maximum absolute atomic E-state index is 12.7. The molecule has 0 radical (unpaired) electrons. The van der Waals surface area contributed by atoms with Crippen LogP contribution in [0.5, 0.6) is 17.2 Å². The van der Waals surface area contributed by atoms with E-state index in [0.717, 1.165) is 11.3 Å². The Morgan fingerprint density at radius 3 is 2.29 bits per heavy atom. The lowest BCUT2D eigenvalue weighted by Crippen LogP contribution is -2.36. The third-order valence-corrected chi connectivity index (χ3v) is 5.64. The van der Waals surface area contributed by atoms with Crippen molar-refractivity contribution in [3.8, 4) is 17.2 Å². The Labute approximate surface area is 163 Å². The van der Waals surface area contributed by atoms with Gasteiger partial charge in [-0.2, -0.15) is 0 Å². The van der Waals surface area contributed by atoms with Crippen molar-refractivity contribution in [2.75, 3.05) is 21.3 Å². The molecule has 2 aliphatic rings. The van der Waals surface area contributed by atoms with Gasteiger partial charge in [0.05, 0.1) is 33.3 Å². The number of benzene rings is 2. The number of hydrogen-bond donors (Lipinski definition) is 0. The van der Waals surface area contributed by atoms with Gasteiger partial charge in [0.25, 0.3) is 0 Å². The number of ketones is 1. The van der Waals surface area contributed by atoms with Gasteiger partial charge >= 0.3 is 5.97 Å². The molecule has 1 aliphatic heterocycles. The fourth-order valence-corrected chi connectivity index (χ4v) is 4.31. The molecule has 1 spiro atoms. The monoisotopic (exact) mass is 382 g/mol. The second kappa shape index (κ2) is 6.86. The fourth-order valence-electron chi connectivity index (χ4n) is 4.31. The van der Waals surface area contributed by atoms with E-state index in [1.807, 2.05) is 24.3 Å². The Bertz CT molecular complexity index is 933. The van der Waals surface area contributed by atoms with Crippen LogP contribution >= 0.6 is 0 Å². The first kappa shape index (κ1) is 18.3. The quantitative estimate of drug-likeness (QED) is 0.753. The van der Waals surface area contributed by atoms with Crippen LogP contribution in [-0.4, -0.2) is 33.1 Å². The van der Waals surface area contributed by atoms with Crippen molar-refractivity contribution in [3.05, 3.63) is 53.1 Å². The van der Waals surface area contributed by atoms with Gasteiger partial charge in [-0.15, -0.1) is 0 Å². The number of carbonyl (C=O) groups is 2. The maximum atomic E-state index is 12.7. The zero-order chi connectivity index (χ0) is 19.9. The van der Waals surface area contributed by atoms with Crippen molar-refractivity contribution in [1.29, 1.82) is 0 Å². The first-order valence-electron chi connectivity index (χ1n) is 9.15. The van der Waals surface area contributed by atoms with Crippen molar-refractivity contribution in [2.45, 2.75) is 30.8 Å². The van der Waals surface area contributed by atoms with E-state index in [0.29, 0.717) is 35.5 Å². The minimum Gasteiger partial charge on any atom is -0.497 e. The van der Waals surface area contributed by atoms with Gasteiger partial charge in [0.2, 0.25) is 0 Å². The van der Waals surface area contributed by atoms with Crippen molar-refractivity contribution in [3.63, 3.8) is 0 Å². The number of carbonyl (C=O) groups excluding carboxylic acids is 2. The van der Waals surface area contributed by atoms with E-state index in [2.05, 4.69) is 0 Å². The molecular formula is C22H22O6. The van der Waals surface area contributed by atoms with E-state index in [-0.39, 0.29) is 18.1 Å². The van der Waals surface area contributed by atoms with Gasteiger partial charge in [0.15, 0.2) is 11.5 Å². The Morgan fingerprint density at radius 1 is 0.964 bits per heavy atom. The first-order valence-corrected chi connectivity index (χ1v) is 9.15. The molecule has 0 aromatic heterocycles. The second-order valence-electron chi connectivity index (χ2n) is 7.23. The normalized spacial score (nSPS) is 23.3. The van der Waals surface area contributed by atoms with Crippen molar-refractivity contribution >= 4 is 11.8 Å². The highest BCUT2D eigenvalue weighted by molar-refractivity contribution is 5.97.